The van der Waals surface area contributed by atoms with Crippen molar-refractivity contribution in [2.45, 2.75) is 173 Å². The second-order valence-corrected chi connectivity index (χ2v) is 19.8. The highest BCUT2D eigenvalue weighted by Gasteiger charge is 2.56. The summed E-state index contributed by atoms with van der Waals surface area (Å²) in [6.45, 7) is 12.5. The number of piperidine rings is 1. The van der Waals surface area contributed by atoms with Crippen LogP contribution in [0.2, 0.25) is 0 Å². The van der Waals surface area contributed by atoms with Gasteiger partial charge in [0, 0.05) is 64.2 Å². The van der Waals surface area contributed by atoms with Crippen LogP contribution in [-0.2, 0) is 52.5 Å². The quantitative estimate of drug-likeness (QED) is 0.161. The maximum absolute atomic E-state index is 14.4. The minimum atomic E-state index is -2.53. The Labute approximate surface area is 378 Å². The van der Waals surface area contributed by atoms with E-state index in [1.165, 1.54) is 26.0 Å². The molecule has 3 aliphatic heterocycles. The van der Waals surface area contributed by atoms with Gasteiger partial charge in [0.25, 0.3) is 11.7 Å². The van der Waals surface area contributed by atoms with E-state index in [0.29, 0.717) is 56.9 Å². The smallest absolute Gasteiger partial charge is 0.329 e. The van der Waals surface area contributed by atoms with Gasteiger partial charge in [-0.05, 0) is 95.5 Å². The van der Waals surface area contributed by atoms with Gasteiger partial charge < -0.3 is 44.1 Å². The molecule has 0 radical (unpaired) electrons. The van der Waals surface area contributed by atoms with Gasteiger partial charge in [0.15, 0.2) is 0 Å². The highest BCUT2D eigenvalue weighted by molar-refractivity contribution is 8.14. The molecule has 356 valence electrons. The van der Waals surface area contributed by atoms with Crippen molar-refractivity contribution in [2.75, 3.05) is 34.4 Å². The molecule has 2 amide bonds. The van der Waals surface area contributed by atoms with Crippen LogP contribution in [0.4, 0.5) is 0 Å². The zero-order chi connectivity index (χ0) is 46.8. The van der Waals surface area contributed by atoms with Crippen LogP contribution >= 0.6 is 11.8 Å². The van der Waals surface area contributed by atoms with Gasteiger partial charge in [-0.15, -0.1) is 0 Å². The average Bonchev–Trinajstić information content (AvgIpc) is 3.25. The lowest BCUT2D eigenvalue weighted by Gasteiger charge is -2.47. The summed E-state index contributed by atoms with van der Waals surface area (Å²) in [5, 5.41) is 26.1. The number of hydrogen-bond donors (Lipinski definition) is 3. The summed E-state index contributed by atoms with van der Waals surface area (Å²) in [5.41, 5.74) is 1.62. The van der Waals surface area contributed by atoms with Crippen LogP contribution in [0, 0.1) is 29.6 Å². The zero-order valence-corrected chi connectivity index (χ0v) is 39.9. The Kier molecular flexibility index (Phi) is 20.0. The van der Waals surface area contributed by atoms with Gasteiger partial charge in [-0.25, -0.2) is 4.79 Å². The molecule has 1 aliphatic carbocycles. The van der Waals surface area contributed by atoms with Gasteiger partial charge in [0.2, 0.25) is 16.8 Å². The van der Waals surface area contributed by atoms with Crippen LogP contribution in [-0.4, -0.2) is 138 Å². The third-order valence-electron chi connectivity index (χ3n) is 13.6. The highest BCUT2D eigenvalue weighted by atomic mass is 32.2. The number of nitrogens with zero attached hydrogens (tertiary/aromatic N) is 1. The number of rotatable bonds is 9. The molecule has 3 N–H and O–H groups in total. The number of fused-ring (bicyclic) bond motifs is 3. The maximum Gasteiger partial charge on any atom is 0.329 e. The predicted octanol–water partition coefficient (Wildman–Crippen LogP) is 4.88. The van der Waals surface area contributed by atoms with Crippen LogP contribution in [0.25, 0.3) is 0 Å². The number of allylic oxidation sites excluding steroid dienone is 3. The topological polar surface area (TPSA) is 204 Å². The van der Waals surface area contributed by atoms with Gasteiger partial charge >= 0.3 is 5.97 Å². The van der Waals surface area contributed by atoms with E-state index in [9.17, 15) is 39.0 Å². The standard InChI is InChI=1S/C47H74N2O13S/c1-11-33-19-26(2)18-27(3)20-38(59-9)43-39(60-10)22-29(5)47(57,62-43)44(54)45(55)49-17-13-12-14-34(49)46(56)61-42(30(6)35(51)24-36(33)52)28(4)21-32-15-16-40(37(23-32)58-8)63-41(53)25-48-31(7)50/h19,21,27,29-30,32-35,37-40,42-43,51,57H,11-18,20,22-25H2,1-10H3,(H,48,50). The summed E-state index contributed by atoms with van der Waals surface area (Å²) < 4.78 is 30.2. The first-order valence-corrected chi connectivity index (χ1v) is 23.7. The lowest BCUT2D eigenvalue weighted by Crippen LogP contribution is -2.64. The van der Waals surface area contributed by atoms with Gasteiger partial charge in [-0.3, -0.25) is 24.0 Å². The molecule has 2 saturated heterocycles. The first-order chi connectivity index (χ1) is 29.8. The molecule has 16 heteroatoms. The highest BCUT2D eigenvalue weighted by Crippen LogP contribution is 2.40. The van der Waals surface area contributed by atoms with Crippen molar-refractivity contribution >= 4 is 46.2 Å². The van der Waals surface area contributed by atoms with Crippen molar-refractivity contribution < 1.29 is 62.7 Å². The molecule has 0 spiro atoms. The Morgan fingerprint density at radius 2 is 1.62 bits per heavy atom. The number of cyclic esters (lactones) is 1. The molecule has 3 heterocycles. The molecule has 63 heavy (non-hydrogen) atoms. The molecule has 4 aliphatic rings. The number of ketones is 2. The van der Waals surface area contributed by atoms with E-state index in [1.807, 2.05) is 39.8 Å². The fourth-order valence-corrected chi connectivity index (χ4v) is 11.0. The van der Waals surface area contributed by atoms with Gasteiger partial charge in [-0.2, -0.15) is 0 Å². The minimum absolute atomic E-state index is 0.0164. The van der Waals surface area contributed by atoms with Crippen LogP contribution in [0.1, 0.15) is 119 Å². The Hall–Kier alpha value is -2.99. The average molecular weight is 907 g/mol. The Morgan fingerprint density at radius 3 is 2.25 bits per heavy atom. The van der Waals surface area contributed by atoms with Crippen LogP contribution in [0.5, 0.6) is 0 Å². The number of aliphatic hydroxyl groups excluding tert-OH is 1. The second-order valence-electron chi connectivity index (χ2n) is 18.5. The van der Waals surface area contributed by atoms with E-state index in [-0.39, 0.29) is 72.3 Å². The van der Waals surface area contributed by atoms with Gasteiger partial charge in [0.05, 0.1) is 31.0 Å². The second kappa shape index (κ2) is 24.0. The number of methoxy groups -OCH3 is 3. The number of carbonyl (C=O) groups is 6. The molecule has 0 aromatic carbocycles. The third-order valence-corrected chi connectivity index (χ3v) is 14.9. The normalized spacial score (nSPS) is 37.3. The summed E-state index contributed by atoms with van der Waals surface area (Å²) in [4.78, 5) is 82.1. The van der Waals surface area contributed by atoms with Crippen molar-refractivity contribution in [3.05, 3.63) is 23.3 Å². The van der Waals surface area contributed by atoms with E-state index in [0.717, 1.165) is 17.3 Å². The summed E-state index contributed by atoms with van der Waals surface area (Å²) in [7, 11) is 4.64. The molecule has 1 saturated carbocycles. The SMILES string of the molecule is CCC1C=C(C)CC(C)CC(OC)C2OC(O)(C(=O)C(=O)N3CCCCC3C(=O)OC(C(C)=CC3CCC(SC(=O)CNC(C)=O)C(OC)C3)C(C)C(O)CC1=O)C(C)CC2OC. The molecular weight excluding hydrogens is 833 g/mol. The van der Waals surface area contributed by atoms with E-state index >= 15 is 0 Å². The van der Waals surface area contributed by atoms with Crippen LogP contribution in [0.3, 0.4) is 0 Å². The van der Waals surface area contributed by atoms with Gasteiger partial charge in [-0.1, -0.05) is 57.2 Å². The lowest BCUT2D eigenvalue weighted by molar-refractivity contribution is -0.302. The van der Waals surface area contributed by atoms with Crippen molar-refractivity contribution in [1.29, 1.82) is 0 Å². The summed E-state index contributed by atoms with van der Waals surface area (Å²) >= 11 is 1.16. The van der Waals surface area contributed by atoms with Crippen molar-refractivity contribution in [1.82, 2.24) is 10.2 Å². The number of nitrogens with one attached hydrogen (secondary N) is 1. The summed E-state index contributed by atoms with van der Waals surface area (Å²) in [6.07, 6.45) is 4.17. The number of amides is 2. The first-order valence-electron chi connectivity index (χ1n) is 22.8. The fraction of sp³-hybridized carbons (Fsp3) is 0.787. The summed E-state index contributed by atoms with van der Waals surface area (Å²) in [5.74, 6) is -8.05. The molecule has 14 unspecified atom stereocenters. The number of carbonyl (C=O) groups excluding carboxylic acids is 6. The molecule has 3 fully saturated rings. The molecule has 4 rings (SSSR count). The fourth-order valence-electron chi connectivity index (χ4n) is 9.92. The number of thioether (sulfide) groups is 1. The molecule has 2 bridgehead atoms. The Morgan fingerprint density at radius 1 is 0.952 bits per heavy atom. The van der Waals surface area contributed by atoms with Gasteiger partial charge in [0.1, 0.15) is 24.0 Å². The van der Waals surface area contributed by atoms with Crippen molar-refractivity contribution in [3.63, 3.8) is 0 Å². The molecule has 0 aromatic heterocycles. The minimum Gasteiger partial charge on any atom is -0.456 e. The predicted molar refractivity (Wildman–Crippen MR) is 237 cm³/mol. The zero-order valence-electron chi connectivity index (χ0n) is 39.1. The van der Waals surface area contributed by atoms with E-state index in [1.54, 1.807) is 21.0 Å². The number of hydrogen-bond acceptors (Lipinski definition) is 14. The molecular formula is C47H74N2O13S. The number of aliphatic hydroxyl groups is 2. The van der Waals surface area contributed by atoms with E-state index in [4.69, 9.17) is 23.7 Å². The van der Waals surface area contributed by atoms with Crippen molar-refractivity contribution in [3.8, 4) is 0 Å². The molecule has 15 nitrogen and oxygen atoms in total. The largest absolute Gasteiger partial charge is 0.456 e. The lowest BCUT2D eigenvalue weighted by atomic mass is 9.82. The molecule has 0 aromatic rings. The van der Waals surface area contributed by atoms with Crippen LogP contribution in [0.15, 0.2) is 23.3 Å². The summed E-state index contributed by atoms with van der Waals surface area (Å²) in [6, 6.07) is -1.17. The van der Waals surface area contributed by atoms with Crippen LogP contribution < -0.4 is 5.32 Å². The number of Topliss-reactive ketones (excluding diaryl/α,β-unsaturated/α-hetero) is 2. The number of ether oxygens (including phenoxy) is 5. The third kappa shape index (κ3) is 13.5. The number of esters is 1. The maximum atomic E-state index is 14.4. The van der Waals surface area contributed by atoms with E-state index in [2.05, 4.69) is 5.32 Å². The first kappa shape index (κ1) is 52.6. The Balaban J connectivity index is 1.71. The van der Waals surface area contributed by atoms with E-state index < -0.39 is 77.8 Å². The molecule has 14 atom stereocenters. The monoisotopic (exact) mass is 906 g/mol. The van der Waals surface area contributed by atoms with Crippen molar-refractivity contribution in [2.24, 2.45) is 29.6 Å². The Bertz CT molecular complexity index is 1690.